The highest BCUT2D eigenvalue weighted by Gasteiger charge is 2.71. The van der Waals surface area contributed by atoms with Crippen LogP contribution in [0.2, 0.25) is 10.4 Å². The molecule has 1 aliphatic rings. The zero-order chi connectivity index (χ0) is 29.8. The second-order valence-electron chi connectivity index (χ2n) is 9.51. The lowest BCUT2D eigenvalue weighted by Gasteiger charge is -2.28. The lowest BCUT2D eigenvalue weighted by molar-refractivity contribution is -0.0502. The van der Waals surface area contributed by atoms with Crippen molar-refractivity contribution in [3.8, 4) is 22.6 Å². The fourth-order valence-electron chi connectivity index (χ4n) is 4.07. The summed E-state index contributed by atoms with van der Waals surface area (Å²) < 4.78 is 38.4. The van der Waals surface area contributed by atoms with Gasteiger partial charge in [0.15, 0.2) is 0 Å². The number of aromatic nitrogens is 2. The Morgan fingerprint density at radius 2 is 1.68 bits per heavy atom. The molecular formula is C22H15B8F2N5O3. The minimum absolute atomic E-state index is 0.0696. The van der Waals surface area contributed by atoms with Crippen molar-refractivity contribution in [3.05, 3.63) is 48.3 Å². The van der Waals surface area contributed by atoms with Crippen LogP contribution in [-0.2, 0) is 7.05 Å². The van der Waals surface area contributed by atoms with Gasteiger partial charge in [0.1, 0.15) is 48.4 Å². The summed E-state index contributed by atoms with van der Waals surface area (Å²) in [5.41, 5.74) is 5.84. The van der Waals surface area contributed by atoms with Gasteiger partial charge in [-0.2, -0.15) is 13.9 Å². The zero-order valence-electron chi connectivity index (χ0n) is 21.2. The Kier molecular flexibility index (Phi) is 7.39. The number of nitrogens with zero attached hydrogens (tertiary/aromatic N) is 2. The first-order chi connectivity index (χ1) is 18.4. The maximum absolute atomic E-state index is 13.4. The van der Waals surface area contributed by atoms with Crippen LogP contribution in [0.5, 0.6) is 11.5 Å². The minimum atomic E-state index is -3.38. The summed E-state index contributed by atoms with van der Waals surface area (Å²) in [6.45, 7) is -3.38. The van der Waals surface area contributed by atoms with Gasteiger partial charge in [0.25, 0.3) is 5.91 Å². The molecule has 8 nitrogen and oxygen atoms in total. The van der Waals surface area contributed by atoms with Crippen LogP contribution in [0.1, 0.15) is 10.4 Å². The van der Waals surface area contributed by atoms with E-state index in [0.29, 0.717) is 5.69 Å². The van der Waals surface area contributed by atoms with E-state index in [1.165, 1.54) is 6.07 Å². The molecule has 16 radical (unpaired) electrons. The average molecular weight is 522 g/mol. The van der Waals surface area contributed by atoms with Crippen LogP contribution in [0.25, 0.3) is 11.1 Å². The molecule has 4 N–H and O–H groups in total. The maximum atomic E-state index is 13.4. The molecule has 1 fully saturated rings. The molecule has 2 aromatic carbocycles. The molecule has 3 aromatic rings. The number of nitrogens with two attached hydrogens (primary N) is 1. The van der Waals surface area contributed by atoms with Gasteiger partial charge in [-0.1, -0.05) is 16.5 Å². The number of ether oxygens (including phenoxy) is 2. The Bertz CT molecular complexity index is 1450. The summed E-state index contributed by atoms with van der Waals surface area (Å²) >= 11 is 0. The molecule has 1 amide bonds. The standard InChI is InChI=1S/C22H15B8F2N5O3/c1-37-8-10(7-34-37)9-2-3-13(12(33)4-9)35-11-5-14(39-18(31)32)16(15(6-11)40-22(28,29)30)17(38)36-21(27)19(23,24)20(21,25)26/h2-8,18,35H,33H2,1H3,(H,36,38). The minimum Gasteiger partial charge on any atom is -0.515 e. The Morgan fingerprint density at radius 1 is 1.05 bits per heavy atom. The van der Waals surface area contributed by atoms with Crippen LogP contribution in [-0.4, -0.2) is 95.8 Å². The van der Waals surface area contributed by atoms with E-state index in [0.717, 1.165) is 17.2 Å². The van der Waals surface area contributed by atoms with Crippen molar-refractivity contribution in [1.82, 2.24) is 15.1 Å². The van der Waals surface area contributed by atoms with E-state index in [1.54, 1.807) is 42.3 Å². The number of halogens is 2. The van der Waals surface area contributed by atoms with Gasteiger partial charge in [0.05, 0.1) is 49.0 Å². The van der Waals surface area contributed by atoms with Crippen molar-refractivity contribution in [1.29, 1.82) is 0 Å². The molecule has 0 atom stereocenters. The van der Waals surface area contributed by atoms with Gasteiger partial charge in [-0.05, 0) is 28.4 Å². The predicted molar refractivity (Wildman–Crippen MR) is 154 cm³/mol. The predicted octanol–water partition coefficient (Wildman–Crippen LogP) is 0.0245. The molecule has 1 saturated carbocycles. The van der Waals surface area contributed by atoms with Crippen LogP contribution in [0.15, 0.2) is 42.7 Å². The summed E-state index contributed by atoms with van der Waals surface area (Å²) in [4.78, 5) is 13.3. The van der Waals surface area contributed by atoms with E-state index in [9.17, 15) is 13.6 Å². The lowest BCUT2D eigenvalue weighted by Crippen LogP contribution is -2.44. The van der Waals surface area contributed by atoms with Crippen LogP contribution >= 0.6 is 0 Å². The number of amides is 1. The number of hydrogen-bond donors (Lipinski definition) is 3. The first-order valence-corrected chi connectivity index (χ1v) is 11.5. The summed E-state index contributed by atoms with van der Waals surface area (Å²) in [7, 11) is 47.7. The van der Waals surface area contributed by atoms with E-state index in [4.69, 9.17) is 73.2 Å². The molecule has 40 heavy (non-hydrogen) atoms. The van der Waals surface area contributed by atoms with E-state index in [2.05, 4.69) is 20.5 Å². The Morgan fingerprint density at radius 3 is 2.17 bits per heavy atom. The third-order valence-electron chi connectivity index (χ3n) is 6.40. The zero-order valence-corrected chi connectivity index (χ0v) is 21.2. The van der Waals surface area contributed by atoms with E-state index in [-0.39, 0.29) is 11.4 Å². The monoisotopic (exact) mass is 523 g/mol. The van der Waals surface area contributed by atoms with Gasteiger partial charge in [0, 0.05) is 36.6 Å². The maximum Gasteiger partial charge on any atom is 0.387 e. The van der Waals surface area contributed by atoms with Crippen LogP contribution in [0.3, 0.4) is 0 Å². The SMILES string of the molecule is [B]C([B])([B])Oc1cc(Nc2ccc(-c3cnn(C)c3)cc2N)cc(OC(F)F)c1C(=O)NC1([B])C([B])([B])C1([B])[B]. The molecule has 0 saturated heterocycles. The van der Waals surface area contributed by atoms with Gasteiger partial charge in [-0.15, -0.1) is 0 Å². The third kappa shape index (κ3) is 5.37. The largest absolute Gasteiger partial charge is 0.515 e. The molecule has 184 valence electrons. The molecule has 1 aromatic heterocycles. The van der Waals surface area contributed by atoms with Gasteiger partial charge in [-0.25, -0.2) is 0 Å². The number of hydrogen-bond acceptors (Lipinski definition) is 6. The fraction of sp³-hybridized carbons (Fsp3) is 0.273. The second-order valence-corrected chi connectivity index (χ2v) is 9.51. The van der Waals surface area contributed by atoms with E-state index >= 15 is 0 Å². The second kappa shape index (κ2) is 9.96. The van der Waals surface area contributed by atoms with Crippen molar-refractivity contribution in [2.45, 2.75) is 27.8 Å². The number of aryl methyl sites for hydroxylation is 1. The Balaban J connectivity index is 1.74. The highest BCUT2D eigenvalue weighted by Crippen LogP contribution is 2.74. The molecular weight excluding hydrogens is 507 g/mol. The van der Waals surface area contributed by atoms with E-state index < -0.39 is 50.7 Å². The highest BCUT2D eigenvalue weighted by molar-refractivity contribution is 6.67. The lowest BCUT2D eigenvalue weighted by atomic mass is 9.49. The Hall–Kier alpha value is -3.30. The van der Waals surface area contributed by atoms with E-state index in [1.807, 2.05) is 0 Å². The van der Waals surface area contributed by atoms with Crippen molar-refractivity contribution < 1.29 is 23.0 Å². The van der Waals surface area contributed by atoms with Gasteiger partial charge in [0.2, 0.25) is 0 Å². The summed E-state index contributed by atoms with van der Waals surface area (Å²) in [5, 5.41) is 3.01. The first-order valence-electron chi connectivity index (χ1n) is 11.5. The fourth-order valence-corrected chi connectivity index (χ4v) is 4.07. The van der Waals surface area contributed by atoms with Gasteiger partial charge >= 0.3 is 6.61 Å². The normalized spacial score (nSPS) is 16.7. The molecule has 0 unspecified atom stereocenters. The van der Waals surface area contributed by atoms with Crippen molar-refractivity contribution in [2.75, 3.05) is 11.1 Å². The highest BCUT2D eigenvalue weighted by atomic mass is 19.3. The molecule has 1 heterocycles. The quantitative estimate of drug-likeness (QED) is 0.271. The number of nitrogens with one attached hydrogen (secondary N) is 2. The molecule has 1 aliphatic carbocycles. The number of benzene rings is 2. The Labute approximate surface area is 240 Å². The van der Waals surface area contributed by atoms with Crippen LogP contribution in [0.4, 0.5) is 25.8 Å². The number of rotatable bonds is 9. The molecule has 4 rings (SSSR count). The molecule has 18 heteroatoms. The van der Waals surface area contributed by atoms with Crippen molar-refractivity contribution in [2.24, 2.45) is 7.05 Å². The molecule has 0 spiro atoms. The van der Waals surface area contributed by atoms with Crippen molar-refractivity contribution in [3.63, 3.8) is 0 Å². The number of anilines is 3. The molecule has 0 aliphatic heterocycles. The molecule has 0 bridgehead atoms. The average Bonchev–Trinajstić information content (AvgIpc) is 3.11. The summed E-state index contributed by atoms with van der Waals surface area (Å²) in [6.07, 6.45) is 3.46. The van der Waals surface area contributed by atoms with Crippen molar-refractivity contribution >= 4 is 85.7 Å². The number of carbonyl (C=O) groups is 1. The number of nitrogen functional groups attached to an aromatic ring is 1. The summed E-state index contributed by atoms with van der Waals surface area (Å²) in [6, 6.07) is 7.33. The number of alkyl halides is 2. The topological polar surface area (TPSA) is 103 Å². The number of carbonyl (C=O) groups excluding carboxylic acids is 1. The van der Waals surface area contributed by atoms with Crippen LogP contribution in [0, 0.1) is 0 Å². The van der Waals surface area contributed by atoms with Gasteiger partial charge < -0.3 is 25.8 Å². The first kappa shape index (κ1) is 29.7. The van der Waals surface area contributed by atoms with Gasteiger partial charge in [-0.3, -0.25) is 9.48 Å². The third-order valence-corrected chi connectivity index (χ3v) is 6.40. The van der Waals surface area contributed by atoms with Crippen LogP contribution < -0.4 is 25.8 Å². The smallest absolute Gasteiger partial charge is 0.387 e. The summed E-state index contributed by atoms with van der Waals surface area (Å²) in [5.74, 6) is -2.34.